The number of hydrogen-bond acceptors (Lipinski definition) is 4. The van der Waals surface area contributed by atoms with E-state index < -0.39 is 10.0 Å². The van der Waals surface area contributed by atoms with Gasteiger partial charge in [0.15, 0.2) is 0 Å². The second kappa shape index (κ2) is 7.23. The third-order valence-corrected chi connectivity index (χ3v) is 5.73. The number of hydrogen-bond donors (Lipinski definition) is 1. The van der Waals surface area contributed by atoms with Crippen molar-refractivity contribution in [3.05, 3.63) is 53.1 Å². The smallest absolute Gasteiger partial charge is 0.241 e. The number of methoxy groups -OCH3 is 2. The van der Waals surface area contributed by atoms with Crippen LogP contribution in [0.15, 0.2) is 41.3 Å². The highest BCUT2D eigenvalue weighted by Crippen LogP contribution is 2.27. The topological polar surface area (TPSA) is 64.6 Å². The zero-order chi connectivity index (χ0) is 17.9. The Bertz CT molecular complexity index is 790. The monoisotopic (exact) mass is 349 g/mol. The van der Waals surface area contributed by atoms with Crippen LogP contribution in [0, 0.1) is 13.8 Å². The van der Waals surface area contributed by atoms with E-state index >= 15 is 0 Å². The number of aryl methyl sites for hydroxylation is 2. The van der Waals surface area contributed by atoms with Crippen LogP contribution in [0.3, 0.4) is 0 Å². The van der Waals surface area contributed by atoms with E-state index in [1.54, 1.807) is 40.2 Å². The molecule has 2 aromatic rings. The normalized spacial score (nSPS) is 12.7. The molecule has 130 valence electrons. The average Bonchev–Trinajstić information content (AvgIpc) is 2.53. The van der Waals surface area contributed by atoms with Gasteiger partial charge >= 0.3 is 0 Å². The highest BCUT2D eigenvalue weighted by molar-refractivity contribution is 7.89. The predicted molar refractivity (Wildman–Crippen MR) is 94.2 cm³/mol. The largest absolute Gasteiger partial charge is 0.497 e. The lowest BCUT2D eigenvalue weighted by Gasteiger charge is -2.18. The average molecular weight is 349 g/mol. The van der Waals surface area contributed by atoms with Crippen LogP contribution in [0.4, 0.5) is 0 Å². The molecule has 0 spiro atoms. The van der Waals surface area contributed by atoms with Crippen LogP contribution in [0.1, 0.15) is 29.7 Å². The Labute approximate surface area is 143 Å². The van der Waals surface area contributed by atoms with Crippen LogP contribution in [-0.2, 0) is 10.0 Å². The van der Waals surface area contributed by atoms with Crippen molar-refractivity contribution in [3.8, 4) is 11.5 Å². The summed E-state index contributed by atoms with van der Waals surface area (Å²) < 4.78 is 38.7. The lowest BCUT2D eigenvalue weighted by Crippen LogP contribution is -2.28. The van der Waals surface area contributed by atoms with Gasteiger partial charge in [-0.15, -0.1) is 0 Å². The molecule has 6 heteroatoms. The van der Waals surface area contributed by atoms with Crippen molar-refractivity contribution in [1.29, 1.82) is 0 Å². The Balaban J connectivity index is 2.30. The number of benzene rings is 2. The second-order valence-electron chi connectivity index (χ2n) is 5.71. The van der Waals surface area contributed by atoms with Gasteiger partial charge in [0.1, 0.15) is 11.5 Å². The van der Waals surface area contributed by atoms with Gasteiger partial charge in [0.2, 0.25) is 10.0 Å². The van der Waals surface area contributed by atoms with E-state index in [2.05, 4.69) is 4.72 Å². The van der Waals surface area contributed by atoms with Gasteiger partial charge in [0.25, 0.3) is 0 Å². The molecule has 0 radical (unpaired) electrons. The fourth-order valence-corrected chi connectivity index (χ4v) is 4.39. The number of sulfonamides is 1. The second-order valence-corrected chi connectivity index (χ2v) is 7.36. The van der Waals surface area contributed by atoms with Gasteiger partial charge in [-0.1, -0.05) is 12.1 Å². The molecule has 0 saturated carbocycles. The van der Waals surface area contributed by atoms with E-state index in [0.29, 0.717) is 21.8 Å². The van der Waals surface area contributed by atoms with E-state index in [-0.39, 0.29) is 6.04 Å². The van der Waals surface area contributed by atoms with Crippen molar-refractivity contribution in [2.75, 3.05) is 14.2 Å². The van der Waals surface area contributed by atoms with Crippen LogP contribution in [0.5, 0.6) is 11.5 Å². The Morgan fingerprint density at radius 3 is 1.88 bits per heavy atom. The van der Waals surface area contributed by atoms with Gasteiger partial charge in [-0.3, -0.25) is 0 Å². The molecule has 0 heterocycles. The summed E-state index contributed by atoms with van der Waals surface area (Å²) >= 11 is 0. The van der Waals surface area contributed by atoms with Gasteiger partial charge in [0, 0.05) is 6.04 Å². The van der Waals surface area contributed by atoms with Crippen LogP contribution in [0.2, 0.25) is 0 Å². The number of ether oxygens (including phenoxy) is 2. The molecule has 5 nitrogen and oxygen atoms in total. The highest BCUT2D eigenvalue weighted by atomic mass is 32.2. The van der Waals surface area contributed by atoms with Crippen molar-refractivity contribution in [3.63, 3.8) is 0 Å². The van der Waals surface area contributed by atoms with Crippen molar-refractivity contribution in [1.82, 2.24) is 4.72 Å². The molecule has 0 aliphatic rings. The first-order valence-electron chi connectivity index (χ1n) is 7.60. The van der Waals surface area contributed by atoms with E-state index in [1.807, 2.05) is 31.2 Å². The minimum absolute atomic E-state index is 0.295. The van der Waals surface area contributed by atoms with Crippen LogP contribution in [0.25, 0.3) is 0 Å². The Morgan fingerprint density at radius 1 is 0.917 bits per heavy atom. The SMILES string of the molecule is COc1ccc(C(C)NS(=O)(=O)c2c(C)cc(OC)cc2C)cc1. The minimum atomic E-state index is -3.65. The fourth-order valence-electron chi connectivity index (χ4n) is 2.70. The summed E-state index contributed by atoms with van der Waals surface area (Å²) in [6.07, 6.45) is 0. The van der Waals surface area contributed by atoms with Gasteiger partial charge in [0.05, 0.1) is 19.1 Å². The minimum Gasteiger partial charge on any atom is -0.497 e. The summed E-state index contributed by atoms with van der Waals surface area (Å²) in [4.78, 5) is 0.295. The zero-order valence-corrected chi connectivity index (χ0v) is 15.4. The highest BCUT2D eigenvalue weighted by Gasteiger charge is 2.23. The van der Waals surface area contributed by atoms with E-state index in [9.17, 15) is 8.42 Å². The van der Waals surface area contributed by atoms with Crippen molar-refractivity contribution >= 4 is 10.0 Å². The van der Waals surface area contributed by atoms with Gasteiger partial charge in [-0.05, 0) is 61.7 Å². The molecule has 1 atom stereocenters. The molecular weight excluding hydrogens is 326 g/mol. The molecule has 1 N–H and O–H groups in total. The Morgan fingerprint density at radius 2 is 1.42 bits per heavy atom. The van der Waals surface area contributed by atoms with Crippen molar-refractivity contribution in [2.24, 2.45) is 0 Å². The molecule has 24 heavy (non-hydrogen) atoms. The molecule has 0 aromatic heterocycles. The lowest BCUT2D eigenvalue weighted by molar-refractivity contribution is 0.413. The van der Waals surface area contributed by atoms with E-state index in [1.165, 1.54) is 0 Å². The van der Waals surface area contributed by atoms with Crippen molar-refractivity contribution < 1.29 is 17.9 Å². The lowest BCUT2D eigenvalue weighted by atomic mass is 10.1. The summed E-state index contributed by atoms with van der Waals surface area (Å²) in [5.41, 5.74) is 2.17. The summed E-state index contributed by atoms with van der Waals surface area (Å²) in [7, 11) is -0.491. The van der Waals surface area contributed by atoms with E-state index in [4.69, 9.17) is 9.47 Å². The summed E-state index contributed by atoms with van der Waals surface area (Å²) in [5, 5.41) is 0. The Kier molecular flexibility index (Phi) is 5.51. The third kappa shape index (κ3) is 3.88. The number of rotatable bonds is 6. The van der Waals surface area contributed by atoms with Gasteiger partial charge < -0.3 is 9.47 Å². The maximum absolute atomic E-state index is 12.8. The van der Waals surface area contributed by atoms with E-state index in [0.717, 1.165) is 11.3 Å². The third-order valence-electron chi connectivity index (χ3n) is 3.89. The first-order chi connectivity index (χ1) is 11.3. The molecular formula is C18H23NO4S. The van der Waals surface area contributed by atoms with Crippen LogP contribution in [-0.4, -0.2) is 22.6 Å². The maximum Gasteiger partial charge on any atom is 0.241 e. The molecule has 0 aliphatic carbocycles. The van der Waals surface area contributed by atoms with Gasteiger partial charge in [-0.25, -0.2) is 13.1 Å². The molecule has 0 bridgehead atoms. The molecule has 2 aromatic carbocycles. The molecule has 0 saturated heterocycles. The predicted octanol–water partition coefficient (Wildman–Crippen LogP) is 3.36. The van der Waals surface area contributed by atoms with Crippen LogP contribution < -0.4 is 14.2 Å². The quantitative estimate of drug-likeness (QED) is 0.868. The standard InChI is InChI=1S/C18H23NO4S/c1-12-10-17(23-5)11-13(2)18(12)24(20,21)19-14(3)15-6-8-16(22-4)9-7-15/h6-11,14,19H,1-5H3. The van der Waals surface area contributed by atoms with Crippen molar-refractivity contribution in [2.45, 2.75) is 31.7 Å². The molecule has 1 unspecified atom stereocenters. The molecule has 0 fully saturated rings. The summed E-state index contributed by atoms with van der Waals surface area (Å²) in [6, 6.07) is 10.4. The molecule has 2 rings (SSSR count). The zero-order valence-electron chi connectivity index (χ0n) is 14.6. The maximum atomic E-state index is 12.8. The first kappa shape index (κ1) is 18.3. The first-order valence-corrected chi connectivity index (χ1v) is 9.08. The summed E-state index contributed by atoms with van der Waals surface area (Å²) in [6.45, 7) is 5.35. The molecule has 0 amide bonds. The van der Waals surface area contributed by atoms with Crippen LogP contribution >= 0.6 is 0 Å². The Hall–Kier alpha value is -2.05. The fraction of sp³-hybridized carbons (Fsp3) is 0.333. The number of nitrogens with one attached hydrogen (secondary N) is 1. The van der Waals surface area contributed by atoms with Gasteiger partial charge in [-0.2, -0.15) is 0 Å². The summed E-state index contributed by atoms with van der Waals surface area (Å²) in [5.74, 6) is 1.38. The molecule has 0 aliphatic heterocycles.